The van der Waals surface area contributed by atoms with Crippen molar-refractivity contribution in [2.45, 2.75) is 4.90 Å². The van der Waals surface area contributed by atoms with Gasteiger partial charge in [0.15, 0.2) is 0 Å². The predicted octanol–water partition coefficient (Wildman–Crippen LogP) is 1.47. The number of nitrogens with two attached hydrogens (primary N) is 1. The van der Waals surface area contributed by atoms with E-state index in [1.54, 1.807) is 24.3 Å². The second-order valence-electron chi connectivity index (χ2n) is 3.76. The number of nitrogens with one attached hydrogen (secondary N) is 1. The predicted molar refractivity (Wildman–Crippen MR) is 72.5 cm³/mol. The largest absolute Gasteiger partial charge is 0.497 e. The SMILES string of the molecule is COc1cccc(NS(=O)(=O)c2ccc(N)nc2)c1. The summed E-state index contributed by atoms with van der Waals surface area (Å²) in [4.78, 5) is 3.80. The maximum absolute atomic E-state index is 12.1. The highest BCUT2D eigenvalue weighted by Gasteiger charge is 2.14. The minimum Gasteiger partial charge on any atom is -0.497 e. The zero-order valence-corrected chi connectivity index (χ0v) is 11.0. The summed E-state index contributed by atoms with van der Waals surface area (Å²) in [5, 5.41) is 0. The first-order chi connectivity index (χ1) is 9.01. The smallest absolute Gasteiger partial charge is 0.263 e. The van der Waals surface area contributed by atoms with Gasteiger partial charge in [0.05, 0.1) is 12.8 Å². The van der Waals surface area contributed by atoms with Crippen LogP contribution in [0.2, 0.25) is 0 Å². The number of hydrogen-bond acceptors (Lipinski definition) is 5. The van der Waals surface area contributed by atoms with Gasteiger partial charge in [-0.2, -0.15) is 0 Å². The lowest BCUT2D eigenvalue weighted by Gasteiger charge is -2.09. The number of sulfonamides is 1. The van der Waals surface area contributed by atoms with E-state index >= 15 is 0 Å². The number of anilines is 2. The van der Waals surface area contributed by atoms with Crippen molar-refractivity contribution in [3.05, 3.63) is 42.6 Å². The molecule has 0 unspecified atom stereocenters. The van der Waals surface area contributed by atoms with Gasteiger partial charge in [0, 0.05) is 12.3 Å². The molecule has 100 valence electrons. The summed E-state index contributed by atoms with van der Waals surface area (Å²) in [5.74, 6) is 0.830. The third-order valence-electron chi connectivity index (χ3n) is 2.39. The molecule has 1 aromatic heterocycles. The minimum absolute atomic E-state index is 0.0459. The fraction of sp³-hybridized carbons (Fsp3) is 0.0833. The van der Waals surface area contributed by atoms with Crippen LogP contribution in [0.5, 0.6) is 5.75 Å². The fourth-order valence-corrected chi connectivity index (χ4v) is 2.45. The van der Waals surface area contributed by atoms with Gasteiger partial charge in [0.1, 0.15) is 16.5 Å². The Morgan fingerprint density at radius 1 is 1.26 bits per heavy atom. The van der Waals surface area contributed by atoms with Crippen molar-refractivity contribution in [1.82, 2.24) is 4.98 Å². The van der Waals surface area contributed by atoms with Crippen molar-refractivity contribution in [2.24, 2.45) is 0 Å². The number of pyridine rings is 1. The van der Waals surface area contributed by atoms with Crippen molar-refractivity contribution >= 4 is 21.5 Å². The number of rotatable bonds is 4. The maximum Gasteiger partial charge on any atom is 0.263 e. The topological polar surface area (TPSA) is 94.3 Å². The zero-order chi connectivity index (χ0) is 13.9. The Hall–Kier alpha value is -2.28. The highest BCUT2D eigenvalue weighted by atomic mass is 32.2. The van der Waals surface area contributed by atoms with Gasteiger partial charge in [-0.3, -0.25) is 4.72 Å². The van der Waals surface area contributed by atoms with E-state index in [9.17, 15) is 8.42 Å². The summed E-state index contributed by atoms with van der Waals surface area (Å²) in [6.07, 6.45) is 1.21. The molecule has 0 saturated heterocycles. The molecule has 0 fully saturated rings. The van der Waals surface area contributed by atoms with Crippen LogP contribution in [0.1, 0.15) is 0 Å². The highest BCUT2D eigenvalue weighted by molar-refractivity contribution is 7.92. The highest BCUT2D eigenvalue weighted by Crippen LogP contribution is 2.20. The van der Waals surface area contributed by atoms with E-state index in [2.05, 4.69) is 9.71 Å². The Labute approximate surface area is 111 Å². The van der Waals surface area contributed by atoms with Crippen LogP contribution in [0.3, 0.4) is 0 Å². The Morgan fingerprint density at radius 3 is 2.68 bits per heavy atom. The average Bonchev–Trinajstić information content (AvgIpc) is 2.39. The lowest BCUT2D eigenvalue weighted by Crippen LogP contribution is -2.13. The lowest BCUT2D eigenvalue weighted by molar-refractivity contribution is 0.415. The van der Waals surface area contributed by atoms with Crippen molar-refractivity contribution < 1.29 is 13.2 Å². The minimum atomic E-state index is -3.68. The number of ether oxygens (including phenoxy) is 1. The molecule has 0 atom stereocenters. The molecule has 1 aromatic carbocycles. The zero-order valence-electron chi connectivity index (χ0n) is 10.2. The number of nitrogen functional groups attached to an aromatic ring is 1. The quantitative estimate of drug-likeness (QED) is 0.883. The second-order valence-corrected chi connectivity index (χ2v) is 5.44. The molecule has 19 heavy (non-hydrogen) atoms. The molecule has 3 N–H and O–H groups in total. The molecule has 0 aliphatic rings. The Bertz CT molecular complexity index is 669. The molecule has 2 rings (SSSR count). The average molecular weight is 279 g/mol. The van der Waals surface area contributed by atoms with Gasteiger partial charge in [0.25, 0.3) is 10.0 Å². The van der Waals surface area contributed by atoms with Gasteiger partial charge >= 0.3 is 0 Å². The molecule has 0 bridgehead atoms. The van der Waals surface area contributed by atoms with Crippen LogP contribution >= 0.6 is 0 Å². The van der Waals surface area contributed by atoms with Crippen LogP contribution in [-0.4, -0.2) is 20.5 Å². The third kappa shape index (κ3) is 3.14. The van der Waals surface area contributed by atoms with E-state index in [-0.39, 0.29) is 10.7 Å². The monoisotopic (exact) mass is 279 g/mol. The van der Waals surface area contributed by atoms with E-state index in [0.29, 0.717) is 11.4 Å². The van der Waals surface area contributed by atoms with Crippen molar-refractivity contribution in [1.29, 1.82) is 0 Å². The van der Waals surface area contributed by atoms with Gasteiger partial charge < -0.3 is 10.5 Å². The van der Waals surface area contributed by atoms with Crippen LogP contribution in [0, 0.1) is 0 Å². The lowest BCUT2D eigenvalue weighted by atomic mass is 10.3. The third-order valence-corrected chi connectivity index (χ3v) is 3.76. The first-order valence-electron chi connectivity index (χ1n) is 5.40. The maximum atomic E-state index is 12.1. The molecule has 0 spiro atoms. The fourth-order valence-electron chi connectivity index (χ4n) is 1.45. The standard InChI is InChI=1S/C12H13N3O3S/c1-18-10-4-2-3-9(7-10)15-19(16,17)11-5-6-12(13)14-8-11/h2-8,15H,1H3,(H2,13,14). The van der Waals surface area contributed by atoms with E-state index in [4.69, 9.17) is 10.5 Å². The molecular formula is C12H13N3O3S. The van der Waals surface area contributed by atoms with Crippen LogP contribution in [0.4, 0.5) is 11.5 Å². The van der Waals surface area contributed by atoms with E-state index in [1.165, 1.54) is 25.4 Å². The molecule has 7 heteroatoms. The number of benzene rings is 1. The van der Waals surface area contributed by atoms with Crippen LogP contribution in [-0.2, 0) is 10.0 Å². The summed E-state index contributed by atoms with van der Waals surface area (Å²) in [6, 6.07) is 9.46. The first-order valence-corrected chi connectivity index (χ1v) is 6.88. The van der Waals surface area contributed by atoms with Crippen molar-refractivity contribution in [2.75, 3.05) is 17.6 Å². The molecule has 0 amide bonds. The first kappa shape index (κ1) is 13.2. The molecule has 0 aliphatic carbocycles. The van der Waals surface area contributed by atoms with Gasteiger partial charge in [-0.1, -0.05) is 6.07 Å². The van der Waals surface area contributed by atoms with Crippen molar-refractivity contribution in [3.63, 3.8) is 0 Å². The van der Waals surface area contributed by atoms with Gasteiger partial charge in [0.2, 0.25) is 0 Å². The summed E-state index contributed by atoms with van der Waals surface area (Å²) >= 11 is 0. The van der Waals surface area contributed by atoms with E-state index in [0.717, 1.165) is 0 Å². The molecule has 2 aromatic rings. The second kappa shape index (κ2) is 5.15. The Morgan fingerprint density at radius 2 is 2.05 bits per heavy atom. The van der Waals surface area contributed by atoms with Gasteiger partial charge in [-0.25, -0.2) is 13.4 Å². The summed E-state index contributed by atoms with van der Waals surface area (Å²) in [5.41, 5.74) is 5.83. The van der Waals surface area contributed by atoms with E-state index in [1.807, 2.05) is 0 Å². The molecule has 6 nitrogen and oxygen atoms in total. The molecule has 0 radical (unpaired) electrons. The normalized spacial score (nSPS) is 11.0. The molecule has 0 aliphatic heterocycles. The molecular weight excluding hydrogens is 266 g/mol. The van der Waals surface area contributed by atoms with Gasteiger partial charge in [-0.15, -0.1) is 0 Å². The van der Waals surface area contributed by atoms with Crippen LogP contribution in [0.25, 0.3) is 0 Å². The van der Waals surface area contributed by atoms with Crippen LogP contribution < -0.4 is 15.2 Å². The Kier molecular flexibility index (Phi) is 3.57. The number of nitrogens with zero attached hydrogens (tertiary/aromatic N) is 1. The van der Waals surface area contributed by atoms with Gasteiger partial charge in [-0.05, 0) is 24.3 Å². The summed E-state index contributed by atoms with van der Waals surface area (Å²) in [7, 11) is -2.17. The van der Waals surface area contributed by atoms with Crippen molar-refractivity contribution in [3.8, 4) is 5.75 Å². The number of hydrogen-bond donors (Lipinski definition) is 2. The summed E-state index contributed by atoms with van der Waals surface area (Å²) in [6.45, 7) is 0. The number of aromatic nitrogens is 1. The number of methoxy groups -OCH3 is 1. The molecule has 1 heterocycles. The Balaban J connectivity index is 2.28. The molecule has 0 saturated carbocycles. The van der Waals surface area contributed by atoms with Crippen LogP contribution in [0.15, 0.2) is 47.5 Å². The van der Waals surface area contributed by atoms with E-state index < -0.39 is 10.0 Å². The summed E-state index contributed by atoms with van der Waals surface area (Å²) < 4.78 is 31.6.